The fraction of sp³-hybridized carbons (Fsp3) is 0. The van der Waals surface area contributed by atoms with Crippen LogP contribution in [-0.2, 0) is 0 Å². The molecule has 1 N–H and O–H groups in total. The van der Waals surface area contributed by atoms with E-state index < -0.39 is 0 Å². The zero-order valence-electron chi connectivity index (χ0n) is 8.98. The van der Waals surface area contributed by atoms with Gasteiger partial charge in [-0.05, 0) is 12.1 Å². The number of para-hydroxylation sites is 1. The number of aromatic nitrogens is 3. The predicted octanol–water partition coefficient (Wildman–Crippen LogP) is 3.30. The number of phenols is 1. The second-order valence-corrected chi connectivity index (χ2v) is 3.88. The SMILES string of the molecule is Cl.Cl.Oc1ccccc1-c1cnc2nsnc2c1. The van der Waals surface area contributed by atoms with Crippen LogP contribution in [-0.4, -0.2) is 18.8 Å². The topological polar surface area (TPSA) is 58.9 Å². The number of aromatic hydroxyl groups is 1. The summed E-state index contributed by atoms with van der Waals surface area (Å²) < 4.78 is 8.15. The zero-order chi connectivity index (χ0) is 11.0. The second-order valence-electron chi connectivity index (χ2n) is 3.35. The van der Waals surface area contributed by atoms with Gasteiger partial charge >= 0.3 is 0 Å². The first kappa shape index (κ1) is 14.6. The maximum atomic E-state index is 9.73. The molecule has 0 saturated heterocycles. The lowest BCUT2D eigenvalue weighted by Gasteiger charge is -2.02. The number of nitrogens with zero attached hydrogens (tertiary/aromatic N) is 3. The van der Waals surface area contributed by atoms with E-state index in [1.54, 1.807) is 18.3 Å². The average Bonchev–Trinajstić information content (AvgIpc) is 2.76. The molecular weight excluding hydrogens is 293 g/mol. The lowest BCUT2D eigenvalue weighted by atomic mass is 10.1. The van der Waals surface area contributed by atoms with E-state index in [1.807, 2.05) is 18.2 Å². The van der Waals surface area contributed by atoms with Gasteiger partial charge in [0.2, 0.25) is 0 Å². The quantitative estimate of drug-likeness (QED) is 0.749. The lowest BCUT2D eigenvalue weighted by molar-refractivity contribution is 0.477. The fourth-order valence-corrected chi connectivity index (χ4v) is 2.03. The zero-order valence-corrected chi connectivity index (χ0v) is 11.4. The van der Waals surface area contributed by atoms with Gasteiger partial charge in [0.1, 0.15) is 11.3 Å². The molecule has 0 atom stereocenters. The normalized spacial score (nSPS) is 9.56. The van der Waals surface area contributed by atoms with E-state index in [9.17, 15) is 5.11 Å². The van der Waals surface area contributed by atoms with E-state index in [1.165, 1.54) is 0 Å². The number of rotatable bonds is 1. The highest BCUT2D eigenvalue weighted by Crippen LogP contribution is 2.29. The van der Waals surface area contributed by atoms with E-state index in [0.717, 1.165) is 28.4 Å². The van der Waals surface area contributed by atoms with E-state index in [0.29, 0.717) is 5.65 Å². The van der Waals surface area contributed by atoms with Crippen molar-refractivity contribution in [3.8, 4) is 16.9 Å². The fourth-order valence-electron chi connectivity index (χ4n) is 1.55. The summed E-state index contributed by atoms with van der Waals surface area (Å²) >= 11 is 1.14. The Morgan fingerprint density at radius 3 is 2.61 bits per heavy atom. The van der Waals surface area contributed by atoms with Crippen molar-refractivity contribution in [1.82, 2.24) is 13.7 Å². The molecule has 0 aliphatic rings. The second kappa shape index (κ2) is 5.95. The Morgan fingerprint density at radius 1 is 1.06 bits per heavy atom. The minimum atomic E-state index is 0. The number of hydrogen-bond acceptors (Lipinski definition) is 5. The number of halogens is 2. The molecule has 0 fully saturated rings. The van der Waals surface area contributed by atoms with Crippen LogP contribution in [0.5, 0.6) is 5.75 Å². The highest BCUT2D eigenvalue weighted by Gasteiger charge is 2.06. The van der Waals surface area contributed by atoms with Gasteiger partial charge in [-0.3, -0.25) is 0 Å². The summed E-state index contributed by atoms with van der Waals surface area (Å²) in [4.78, 5) is 4.18. The van der Waals surface area contributed by atoms with Crippen molar-refractivity contribution in [3.05, 3.63) is 36.5 Å². The molecule has 1 aromatic carbocycles. The molecule has 4 nitrogen and oxygen atoms in total. The molecule has 0 spiro atoms. The number of fused-ring (bicyclic) bond motifs is 1. The highest BCUT2D eigenvalue weighted by atomic mass is 35.5. The summed E-state index contributed by atoms with van der Waals surface area (Å²) in [5, 5.41) is 9.73. The Labute approximate surface area is 120 Å². The highest BCUT2D eigenvalue weighted by molar-refractivity contribution is 7.00. The van der Waals surface area contributed by atoms with Crippen molar-refractivity contribution >= 4 is 47.7 Å². The Hall–Kier alpha value is -1.43. The molecule has 94 valence electrons. The molecule has 0 bridgehead atoms. The third-order valence-corrected chi connectivity index (χ3v) is 2.86. The van der Waals surface area contributed by atoms with Gasteiger partial charge in [0, 0.05) is 17.3 Å². The third-order valence-electron chi connectivity index (χ3n) is 2.33. The molecule has 3 rings (SSSR count). The van der Waals surface area contributed by atoms with E-state index in [2.05, 4.69) is 13.7 Å². The van der Waals surface area contributed by atoms with Crippen molar-refractivity contribution in [2.45, 2.75) is 0 Å². The van der Waals surface area contributed by atoms with Gasteiger partial charge in [-0.25, -0.2) is 4.98 Å². The van der Waals surface area contributed by atoms with Gasteiger partial charge < -0.3 is 5.11 Å². The van der Waals surface area contributed by atoms with Gasteiger partial charge in [-0.15, -0.1) is 24.8 Å². The summed E-state index contributed by atoms with van der Waals surface area (Å²) in [7, 11) is 0. The molecule has 0 aliphatic heterocycles. The number of hydrogen-bond donors (Lipinski definition) is 1. The number of benzene rings is 1. The minimum absolute atomic E-state index is 0. The molecule has 3 aromatic rings. The minimum Gasteiger partial charge on any atom is -0.507 e. The summed E-state index contributed by atoms with van der Waals surface area (Å²) in [5.41, 5.74) is 3.00. The van der Waals surface area contributed by atoms with Crippen LogP contribution in [0, 0.1) is 0 Å². The van der Waals surface area contributed by atoms with Gasteiger partial charge in [0.15, 0.2) is 5.65 Å². The third kappa shape index (κ3) is 2.53. The van der Waals surface area contributed by atoms with Crippen LogP contribution >= 0.6 is 36.5 Å². The number of pyridine rings is 1. The maximum Gasteiger partial charge on any atom is 0.193 e. The van der Waals surface area contributed by atoms with Gasteiger partial charge in [0.25, 0.3) is 0 Å². The van der Waals surface area contributed by atoms with Crippen LogP contribution in [0.1, 0.15) is 0 Å². The van der Waals surface area contributed by atoms with E-state index in [-0.39, 0.29) is 30.6 Å². The monoisotopic (exact) mass is 301 g/mol. The van der Waals surface area contributed by atoms with E-state index in [4.69, 9.17) is 0 Å². The van der Waals surface area contributed by atoms with Crippen LogP contribution in [0.4, 0.5) is 0 Å². The molecular formula is C11H9Cl2N3OS. The van der Waals surface area contributed by atoms with Crippen LogP contribution in [0.15, 0.2) is 36.5 Å². The molecule has 0 radical (unpaired) electrons. The molecule has 0 saturated carbocycles. The molecule has 0 aliphatic carbocycles. The van der Waals surface area contributed by atoms with E-state index >= 15 is 0 Å². The summed E-state index contributed by atoms with van der Waals surface area (Å²) in [6, 6.07) is 9.03. The standard InChI is InChI=1S/C11H7N3OS.2ClH/c15-10-4-2-1-3-8(10)7-5-9-11(12-6-7)14-16-13-9;;/h1-6,15H;2*1H. The van der Waals surface area contributed by atoms with Crippen molar-refractivity contribution < 1.29 is 5.11 Å². The first-order valence-corrected chi connectivity index (χ1v) is 5.44. The van der Waals surface area contributed by atoms with Crippen LogP contribution in [0.25, 0.3) is 22.3 Å². The first-order valence-electron chi connectivity index (χ1n) is 4.71. The molecule has 18 heavy (non-hydrogen) atoms. The number of phenolic OH excluding ortho intramolecular Hbond substituents is 1. The molecule has 2 heterocycles. The van der Waals surface area contributed by atoms with Gasteiger partial charge in [-0.1, -0.05) is 18.2 Å². The summed E-state index contributed by atoms with van der Waals surface area (Å²) in [6.45, 7) is 0. The van der Waals surface area contributed by atoms with Crippen molar-refractivity contribution in [2.24, 2.45) is 0 Å². The van der Waals surface area contributed by atoms with Crippen molar-refractivity contribution in [1.29, 1.82) is 0 Å². The van der Waals surface area contributed by atoms with Gasteiger partial charge in [-0.2, -0.15) is 8.75 Å². The molecule has 0 amide bonds. The maximum absolute atomic E-state index is 9.73. The Balaban J connectivity index is 0.000000810. The van der Waals surface area contributed by atoms with Crippen molar-refractivity contribution in [3.63, 3.8) is 0 Å². The summed E-state index contributed by atoms with van der Waals surface area (Å²) in [5.74, 6) is 0.242. The Kier molecular flexibility index (Phi) is 4.84. The largest absolute Gasteiger partial charge is 0.507 e. The van der Waals surface area contributed by atoms with Crippen molar-refractivity contribution in [2.75, 3.05) is 0 Å². The molecule has 7 heteroatoms. The Morgan fingerprint density at radius 2 is 1.83 bits per heavy atom. The van der Waals surface area contributed by atoms with Gasteiger partial charge in [0.05, 0.1) is 11.7 Å². The Bertz CT molecular complexity index is 659. The average molecular weight is 302 g/mol. The van der Waals surface area contributed by atoms with Crippen LogP contribution in [0.2, 0.25) is 0 Å². The summed E-state index contributed by atoms with van der Waals surface area (Å²) in [6.07, 6.45) is 1.69. The first-order chi connectivity index (χ1) is 7.84. The smallest absolute Gasteiger partial charge is 0.193 e. The molecule has 0 unspecified atom stereocenters. The molecule has 2 aromatic heterocycles. The predicted molar refractivity (Wildman–Crippen MR) is 76.8 cm³/mol. The van der Waals surface area contributed by atoms with Crippen LogP contribution < -0.4 is 0 Å². The lowest BCUT2D eigenvalue weighted by Crippen LogP contribution is -1.82. The van der Waals surface area contributed by atoms with Crippen LogP contribution in [0.3, 0.4) is 0 Å².